The summed E-state index contributed by atoms with van der Waals surface area (Å²) in [6.07, 6.45) is 5.21. The second-order valence-electron chi connectivity index (χ2n) is 17.3. The number of nitrogens with zero attached hydrogens (tertiary/aromatic N) is 4. The number of methoxy groups -OCH3 is 3. The molecule has 65 heavy (non-hydrogen) atoms. The molecule has 5 aromatic rings. The molecule has 1 spiro atoms. The number of amides is 3. The van der Waals surface area contributed by atoms with Crippen LogP contribution in [-0.2, 0) is 25.5 Å². The lowest BCUT2D eigenvalue weighted by atomic mass is 9.99. The molecule has 1 aliphatic carbocycles. The molecule has 8 rings (SSSR count). The Morgan fingerprint density at radius 3 is 2.34 bits per heavy atom. The quantitative estimate of drug-likeness (QED) is 0.0532. The zero-order valence-corrected chi connectivity index (χ0v) is 37.3. The average molecular weight is 883 g/mol. The number of carbonyl (C=O) groups excluding carboxylic acids is 3. The summed E-state index contributed by atoms with van der Waals surface area (Å²) >= 11 is 0. The van der Waals surface area contributed by atoms with E-state index >= 15 is 0 Å². The fourth-order valence-electron chi connectivity index (χ4n) is 9.33. The highest BCUT2D eigenvalue weighted by Gasteiger charge is 2.55. The van der Waals surface area contributed by atoms with Gasteiger partial charge in [0.15, 0.2) is 0 Å². The third-order valence-electron chi connectivity index (χ3n) is 13.2. The molecule has 2 aliphatic heterocycles. The number of nitrogens with one attached hydrogen (secondary N) is 4. The van der Waals surface area contributed by atoms with Gasteiger partial charge in [0.25, 0.3) is 5.91 Å². The molecule has 3 amide bonds. The minimum absolute atomic E-state index is 0.135. The van der Waals surface area contributed by atoms with Gasteiger partial charge in [0.05, 0.1) is 56.9 Å². The normalized spacial score (nSPS) is 19.9. The maximum atomic E-state index is 14.0. The molecule has 15 nitrogen and oxygen atoms in total. The van der Waals surface area contributed by atoms with Crippen molar-refractivity contribution in [3.63, 3.8) is 0 Å². The molecule has 15 heteroatoms. The van der Waals surface area contributed by atoms with E-state index < -0.39 is 36.6 Å². The molecule has 3 aliphatic rings. The zero-order valence-electron chi connectivity index (χ0n) is 37.3. The molecule has 0 radical (unpaired) electrons. The lowest BCUT2D eigenvalue weighted by Crippen LogP contribution is -2.57. The highest BCUT2D eigenvalue weighted by Crippen LogP contribution is 2.58. The zero-order chi connectivity index (χ0) is 45.7. The van der Waals surface area contributed by atoms with E-state index in [0.29, 0.717) is 31.0 Å². The third-order valence-corrected chi connectivity index (χ3v) is 13.2. The minimum Gasteiger partial charge on any atom is -0.453 e. The molecule has 1 aromatic heterocycles. The van der Waals surface area contributed by atoms with Crippen molar-refractivity contribution in [3.05, 3.63) is 127 Å². The Morgan fingerprint density at radius 1 is 0.938 bits per heavy atom. The Morgan fingerprint density at radius 2 is 1.63 bits per heavy atom. The Bertz CT molecular complexity index is 2520. The summed E-state index contributed by atoms with van der Waals surface area (Å²) in [6.45, 7) is 7.32. The number of fused-ring (bicyclic) bond motifs is 1. The maximum absolute atomic E-state index is 14.0. The molecule has 5 N–H and O–H groups in total. The first-order chi connectivity index (χ1) is 31.5. The number of imidazole rings is 1. The van der Waals surface area contributed by atoms with Gasteiger partial charge in [-0.1, -0.05) is 85.4 Å². The first kappa shape index (κ1) is 45.0. The fourth-order valence-corrected chi connectivity index (χ4v) is 9.33. The Balaban J connectivity index is 0.945. The predicted octanol–water partition coefficient (Wildman–Crippen LogP) is 7.22. The van der Waals surface area contributed by atoms with E-state index in [9.17, 15) is 19.5 Å². The average Bonchev–Trinajstić information content (AvgIpc) is 3.66. The van der Waals surface area contributed by atoms with Crippen LogP contribution in [-0.4, -0.2) is 108 Å². The van der Waals surface area contributed by atoms with Crippen molar-refractivity contribution in [2.45, 2.75) is 82.1 Å². The SMILES string of the molecule is C=CNC(=NCc1ccc2cc(-c3ccc(-c4cnc([C@@H]5CC6(CC6)CN5C(O)[C@@H](NC(=O)OC)[C@@H](C)OC)[nH]4)cc3)ccc2c1)[C@@H]1CCCN1C(=O)[C@H](NC(=O)OC)c1ccccc1. The molecular weight excluding hydrogens is 825 g/mol. The number of aromatic amines is 1. The van der Waals surface area contributed by atoms with E-state index in [4.69, 9.17) is 24.2 Å². The van der Waals surface area contributed by atoms with Crippen LogP contribution in [0.2, 0.25) is 0 Å². The summed E-state index contributed by atoms with van der Waals surface area (Å²) < 4.78 is 15.2. The van der Waals surface area contributed by atoms with Crippen LogP contribution in [0.25, 0.3) is 33.2 Å². The van der Waals surface area contributed by atoms with Crippen LogP contribution < -0.4 is 16.0 Å². The number of aliphatic hydroxyl groups excluding tert-OH is 1. The van der Waals surface area contributed by atoms with E-state index in [1.54, 1.807) is 18.2 Å². The van der Waals surface area contributed by atoms with Gasteiger partial charge in [0.2, 0.25) is 0 Å². The van der Waals surface area contributed by atoms with E-state index in [2.05, 4.69) is 88.2 Å². The number of likely N-dealkylation sites (tertiary alicyclic amines) is 2. The van der Waals surface area contributed by atoms with Crippen molar-refractivity contribution in [1.82, 2.24) is 35.7 Å². The number of aliphatic imine (C=N–C) groups is 1. The number of hydrogen-bond donors (Lipinski definition) is 5. The summed E-state index contributed by atoms with van der Waals surface area (Å²) in [5.41, 5.74) is 5.86. The van der Waals surface area contributed by atoms with Crippen molar-refractivity contribution < 1.29 is 33.7 Å². The fraction of sp³-hybridized carbons (Fsp3) is 0.380. The monoisotopic (exact) mass is 882 g/mol. The van der Waals surface area contributed by atoms with Crippen molar-refractivity contribution >= 4 is 34.7 Å². The number of H-pyrrole nitrogens is 1. The molecular formula is C50H58N8O7. The predicted molar refractivity (Wildman–Crippen MR) is 248 cm³/mol. The van der Waals surface area contributed by atoms with Gasteiger partial charge in [-0.25, -0.2) is 14.6 Å². The summed E-state index contributed by atoms with van der Waals surface area (Å²) in [6, 6.07) is 28.2. The summed E-state index contributed by atoms with van der Waals surface area (Å²) in [5.74, 6) is 1.19. The number of ether oxygens (including phenoxy) is 3. The molecule has 1 saturated carbocycles. The number of aliphatic hydroxyl groups is 1. The molecule has 2 saturated heterocycles. The standard InChI is InChI=1S/C50H58N8O7/c1-6-51-44(40-13-10-24-57(40)47(60)43(56-49(62)65-5)35-11-8-7-9-12-35)52-28-32-14-15-38-26-37(21-20-36(38)25-32)33-16-18-34(19-17-33)39-29-53-45(54-39)41-27-50(22-23-50)30-58(41)46(59)42(31(2)63-3)55-48(61)64-4/h6-9,11-12,14-21,25-26,29,31,40-43,46,59H,1,10,13,22-24,27-28,30H2,2-5H3,(H,51,52)(H,53,54)(H,55,61)(H,56,62)/t31-,40+,41+,42+,43-,46?/m1/s1. The van der Waals surface area contributed by atoms with Gasteiger partial charge >= 0.3 is 12.2 Å². The lowest BCUT2D eigenvalue weighted by molar-refractivity contribution is -0.133. The second kappa shape index (κ2) is 19.7. The Hall–Kier alpha value is -6.55. The molecule has 3 fully saturated rings. The first-order valence-electron chi connectivity index (χ1n) is 22.1. The highest BCUT2D eigenvalue weighted by molar-refractivity contribution is 5.95. The van der Waals surface area contributed by atoms with E-state index in [-0.39, 0.29) is 23.4 Å². The van der Waals surface area contributed by atoms with Crippen LogP contribution in [0.1, 0.15) is 68.1 Å². The summed E-state index contributed by atoms with van der Waals surface area (Å²) in [4.78, 5) is 55.7. The molecule has 0 bridgehead atoms. The van der Waals surface area contributed by atoms with Crippen molar-refractivity contribution in [2.75, 3.05) is 34.4 Å². The number of alkyl carbamates (subject to hydrolysis) is 2. The lowest BCUT2D eigenvalue weighted by Gasteiger charge is -2.36. The van der Waals surface area contributed by atoms with Crippen LogP contribution in [0.4, 0.5) is 9.59 Å². The van der Waals surface area contributed by atoms with Crippen molar-refractivity contribution in [1.29, 1.82) is 0 Å². The molecule has 3 heterocycles. The molecule has 1 unspecified atom stereocenters. The van der Waals surface area contributed by atoms with Crippen LogP contribution in [0, 0.1) is 5.41 Å². The van der Waals surface area contributed by atoms with Crippen molar-refractivity contribution in [3.8, 4) is 22.4 Å². The Labute approximate surface area is 379 Å². The third kappa shape index (κ3) is 9.92. The van der Waals surface area contributed by atoms with Crippen LogP contribution in [0.3, 0.4) is 0 Å². The number of amidine groups is 1. The summed E-state index contributed by atoms with van der Waals surface area (Å²) in [5, 5.41) is 22.6. The van der Waals surface area contributed by atoms with Gasteiger partial charge in [-0.15, -0.1) is 0 Å². The topological polar surface area (TPSA) is 183 Å². The largest absolute Gasteiger partial charge is 0.453 e. The van der Waals surface area contributed by atoms with Gasteiger partial charge in [0, 0.05) is 20.2 Å². The number of aromatic nitrogens is 2. The summed E-state index contributed by atoms with van der Waals surface area (Å²) in [7, 11) is 4.14. The van der Waals surface area contributed by atoms with Crippen LogP contribution in [0.5, 0.6) is 0 Å². The van der Waals surface area contributed by atoms with E-state index in [1.165, 1.54) is 14.2 Å². The van der Waals surface area contributed by atoms with E-state index in [1.807, 2.05) is 48.4 Å². The van der Waals surface area contributed by atoms with Crippen LogP contribution >= 0.6 is 0 Å². The van der Waals surface area contributed by atoms with Gasteiger partial charge < -0.3 is 45.2 Å². The first-order valence-corrected chi connectivity index (χ1v) is 22.1. The molecule has 340 valence electrons. The van der Waals surface area contributed by atoms with Gasteiger partial charge in [-0.05, 0) is 101 Å². The van der Waals surface area contributed by atoms with Gasteiger partial charge in [-0.2, -0.15) is 0 Å². The minimum atomic E-state index is -1.01. The molecule has 4 aromatic carbocycles. The van der Waals surface area contributed by atoms with Gasteiger partial charge in [0.1, 0.15) is 23.9 Å². The van der Waals surface area contributed by atoms with Gasteiger partial charge in [-0.3, -0.25) is 14.7 Å². The molecule has 6 atom stereocenters. The maximum Gasteiger partial charge on any atom is 0.407 e. The highest BCUT2D eigenvalue weighted by atomic mass is 16.5. The van der Waals surface area contributed by atoms with Crippen LogP contribution in [0.15, 0.2) is 115 Å². The number of hydrogen-bond acceptors (Lipinski definition) is 10. The smallest absolute Gasteiger partial charge is 0.407 e. The number of carbonyl (C=O) groups is 3. The number of rotatable bonds is 15. The van der Waals surface area contributed by atoms with E-state index in [0.717, 1.165) is 76.6 Å². The Kier molecular flexibility index (Phi) is 13.6. The van der Waals surface area contributed by atoms with Crippen molar-refractivity contribution in [2.24, 2.45) is 10.4 Å². The second-order valence-corrected chi connectivity index (χ2v) is 17.3. The number of benzene rings is 4.